The second kappa shape index (κ2) is 4.41. The number of hydrogen-bond acceptors (Lipinski definition) is 1. The van der Waals surface area contributed by atoms with Gasteiger partial charge in [-0.25, -0.2) is 0 Å². The zero-order valence-corrected chi connectivity index (χ0v) is 7.77. The molecule has 1 rings (SSSR count). The third-order valence-corrected chi connectivity index (χ3v) is 1.71. The largest absolute Gasteiger partial charge is 0.492 e. The predicted molar refractivity (Wildman–Crippen MR) is 52.6 cm³/mol. The zero-order chi connectivity index (χ0) is 8.97. The fourth-order valence-corrected chi connectivity index (χ4v) is 1.09. The Hall–Kier alpha value is -0.625. The zero-order valence-electron chi connectivity index (χ0n) is 7.01. The van der Waals surface area contributed by atoms with Gasteiger partial charge in [-0.15, -0.1) is 0 Å². The van der Waals surface area contributed by atoms with E-state index in [4.69, 9.17) is 24.2 Å². The molecule has 0 atom stereocenters. The van der Waals surface area contributed by atoms with Crippen molar-refractivity contribution < 1.29 is 4.74 Å². The van der Waals surface area contributed by atoms with Crippen molar-refractivity contribution in [1.29, 1.82) is 0 Å². The van der Waals surface area contributed by atoms with Crippen molar-refractivity contribution in [2.45, 2.75) is 13.3 Å². The van der Waals surface area contributed by atoms with Crippen molar-refractivity contribution in [3.05, 3.63) is 23.2 Å². The van der Waals surface area contributed by atoms with Crippen LogP contribution >= 0.6 is 11.6 Å². The molecule has 0 spiro atoms. The van der Waals surface area contributed by atoms with Crippen LogP contribution < -0.4 is 10.2 Å². The maximum atomic E-state index is 5.86. The van der Waals surface area contributed by atoms with Crippen LogP contribution in [0, 0.1) is 0 Å². The van der Waals surface area contributed by atoms with E-state index < -0.39 is 0 Å². The molecule has 0 heterocycles. The van der Waals surface area contributed by atoms with E-state index in [1.54, 1.807) is 18.2 Å². The van der Waals surface area contributed by atoms with Gasteiger partial charge in [0.15, 0.2) is 0 Å². The predicted octanol–water partition coefficient (Wildman–Crippen LogP) is 1.92. The van der Waals surface area contributed by atoms with Crippen LogP contribution in [0.15, 0.2) is 18.2 Å². The molecular formula is C9H10BClO. The minimum atomic E-state index is 0.573. The summed E-state index contributed by atoms with van der Waals surface area (Å²) < 4.78 is 5.35. The molecule has 0 fully saturated rings. The molecule has 1 aromatic carbocycles. The SMILES string of the molecule is [B]c1ccc(OCCC)c(Cl)c1. The second-order valence-electron chi connectivity index (χ2n) is 2.54. The lowest BCUT2D eigenvalue weighted by atomic mass is 9.97. The molecule has 0 aliphatic heterocycles. The molecule has 0 aliphatic carbocycles. The lowest BCUT2D eigenvalue weighted by Gasteiger charge is -2.06. The van der Waals surface area contributed by atoms with Crippen LogP contribution in [0.25, 0.3) is 0 Å². The molecule has 0 aliphatic rings. The molecule has 0 aromatic heterocycles. The van der Waals surface area contributed by atoms with Crippen LogP contribution in [0.2, 0.25) is 5.02 Å². The average molecular weight is 180 g/mol. The summed E-state index contributed by atoms with van der Waals surface area (Å²) in [6.07, 6.45) is 0.973. The first-order valence-electron chi connectivity index (χ1n) is 3.92. The fraction of sp³-hybridized carbons (Fsp3) is 0.333. The van der Waals surface area contributed by atoms with Crippen molar-refractivity contribution in [2.24, 2.45) is 0 Å². The summed E-state index contributed by atoms with van der Waals surface area (Å²) in [6, 6.07) is 5.25. The highest BCUT2D eigenvalue weighted by Gasteiger charge is 1.99. The second-order valence-corrected chi connectivity index (χ2v) is 2.95. The summed E-state index contributed by atoms with van der Waals surface area (Å²) in [5, 5.41) is 0.573. The van der Waals surface area contributed by atoms with Gasteiger partial charge in [0.2, 0.25) is 0 Å². The normalized spacial score (nSPS) is 9.83. The van der Waals surface area contributed by atoms with Crippen LogP contribution in [0.1, 0.15) is 13.3 Å². The Morgan fingerprint density at radius 3 is 2.83 bits per heavy atom. The monoisotopic (exact) mass is 180 g/mol. The Bertz CT molecular complexity index is 263. The Labute approximate surface area is 79.1 Å². The minimum absolute atomic E-state index is 0.573. The van der Waals surface area contributed by atoms with E-state index in [2.05, 4.69) is 0 Å². The lowest BCUT2D eigenvalue weighted by Crippen LogP contribution is -2.02. The van der Waals surface area contributed by atoms with Crippen molar-refractivity contribution in [2.75, 3.05) is 6.61 Å². The fourth-order valence-electron chi connectivity index (χ4n) is 0.846. The number of ether oxygens (including phenoxy) is 1. The van der Waals surface area contributed by atoms with E-state index in [1.807, 2.05) is 6.92 Å². The topological polar surface area (TPSA) is 9.23 Å². The standard InChI is InChI=1S/C9H10BClO/c1-2-5-12-9-4-3-7(10)6-8(9)11/h3-4,6H,2,5H2,1H3. The minimum Gasteiger partial charge on any atom is -0.492 e. The Balaban J connectivity index is 2.72. The Kier molecular flexibility index (Phi) is 3.48. The highest BCUT2D eigenvalue weighted by atomic mass is 35.5. The van der Waals surface area contributed by atoms with Gasteiger partial charge in [0.25, 0.3) is 0 Å². The van der Waals surface area contributed by atoms with E-state index in [1.165, 1.54) is 0 Å². The number of halogens is 1. The molecule has 3 heteroatoms. The highest BCUT2D eigenvalue weighted by Crippen LogP contribution is 2.21. The molecule has 0 saturated heterocycles. The van der Waals surface area contributed by atoms with Gasteiger partial charge in [-0.2, -0.15) is 0 Å². The van der Waals surface area contributed by atoms with Crippen molar-refractivity contribution in [3.8, 4) is 5.75 Å². The molecule has 0 N–H and O–H groups in total. The van der Waals surface area contributed by atoms with Crippen LogP contribution in [-0.2, 0) is 0 Å². The van der Waals surface area contributed by atoms with Gasteiger partial charge >= 0.3 is 0 Å². The summed E-state index contributed by atoms with van der Waals surface area (Å²) in [6.45, 7) is 2.73. The van der Waals surface area contributed by atoms with Crippen molar-refractivity contribution in [3.63, 3.8) is 0 Å². The average Bonchev–Trinajstić information content (AvgIpc) is 2.03. The van der Waals surface area contributed by atoms with Crippen LogP contribution in [0.4, 0.5) is 0 Å². The summed E-state index contributed by atoms with van der Waals surface area (Å²) in [4.78, 5) is 0. The quantitative estimate of drug-likeness (QED) is 0.646. The summed E-state index contributed by atoms with van der Waals surface area (Å²) in [5.74, 6) is 0.702. The number of hydrogen-bond donors (Lipinski definition) is 0. The molecular weight excluding hydrogens is 170 g/mol. The third kappa shape index (κ3) is 2.45. The lowest BCUT2D eigenvalue weighted by molar-refractivity contribution is 0.317. The van der Waals surface area contributed by atoms with E-state index in [9.17, 15) is 0 Å². The van der Waals surface area contributed by atoms with E-state index in [0.717, 1.165) is 6.42 Å². The first kappa shape index (κ1) is 9.46. The van der Waals surface area contributed by atoms with E-state index in [0.29, 0.717) is 22.8 Å². The molecule has 1 aromatic rings. The summed E-state index contributed by atoms with van der Waals surface area (Å²) >= 11 is 5.86. The molecule has 12 heavy (non-hydrogen) atoms. The smallest absolute Gasteiger partial charge is 0.137 e. The Morgan fingerprint density at radius 1 is 1.50 bits per heavy atom. The van der Waals surface area contributed by atoms with Crippen LogP contribution in [0.3, 0.4) is 0 Å². The first-order chi connectivity index (χ1) is 5.74. The molecule has 1 nitrogen and oxygen atoms in total. The van der Waals surface area contributed by atoms with Crippen LogP contribution in [0.5, 0.6) is 5.75 Å². The van der Waals surface area contributed by atoms with Gasteiger partial charge in [-0.3, -0.25) is 0 Å². The first-order valence-corrected chi connectivity index (χ1v) is 4.29. The summed E-state index contributed by atoms with van der Waals surface area (Å²) in [7, 11) is 5.52. The van der Waals surface area contributed by atoms with E-state index >= 15 is 0 Å². The van der Waals surface area contributed by atoms with Gasteiger partial charge < -0.3 is 4.74 Å². The van der Waals surface area contributed by atoms with Gasteiger partial charge in [-0.1, -0.05) is 30.1 Å². The third-order valence-electron chi connectivity index (χ3n) is 1.42. The Morgan fingerprint density at radius 2 is 2.25 bits per heavy atom. The maximum absolute atomic E-state index is 5.86. The van der Waals surface area contributed by atoms with Gasteiger partial charge in [0.1, 0.15) is 13.6 Å². The molecule has 0 bridgehead atoms. The van der Waals surface area contributed by atoms with E-state index in [-0.39, 0.29) is 0 Å². The highest BCUT2D eigenvalue weighted by molar-refractivity contribution is 6.37. The molecule has 0 saturated carbocycles. The molecule has 0 unspecified atom stereocenters. The number of benzene rings is 1. The van der Waals surface area contributed by atoms with Gasteiger partial charge in [0.05, 0.1) is 11.6 Å². The van der Waals surface area contributed by atoms with Gasteiger partial charge in [0, 0.05) is 0 Å². The maximum Gasteiger partial charge on any atom is 0.137 e. The molecule has 2 radical (unpaired) electrons. The summed E-state index contributed by atoms with van der Waals surface area (Å²) in [5.41, 5.74) is 0.656. The number of rotatable bonds is 3. The van der Waals surface area contributed by atoms with Crippen molar-refractivity contribution in [1.82, 2.24) is 0 Å². The van der Waals surface area contributed by atoms with Crippen LogP contribution in [-0.4, -0.2) is 14.5 Å². The molecule has 62 valence electrons. The van der Waals surface area contributed by atoms with Gasteiger partial charge in [-0.05, 0) is 18.6 Å². The molecule has 0 amide bonds. The van der Waals surface area contributed by atoms with Crippen molar-refractivity contribution >= 4 is 24.9 Å².